The minimum absolute atomic E-state index is 0.888. The minimum atomic E-state index is 0.888. The second-order valence-electron chi connectivity index (χ2n) is 4.80. The Balaban J connectivity index is 2.10. The van der Waals surface area contributed by atoms with Gasteiger partial charge in [-0.2, -0.15) is 0 Å². The van der Waals surface area contributed by atoms with E-state index in [-0.39, 0.29) is 0 Å². The predicted molar refractivity (Wildman–Crippen MR) is 79.3 cm³/mol. The molecule has 0 fully saturated rings. The molecule has 0 spiro atoms. The third-order valence-electron chi connectivity index (χ3n) is 3.51. The maximum atomic E-state index is 6.27. The molecule has 1 nitrogen and oxygen atoms in total. The van der Waals surface area contributed by atoms with Crippen molar-refractivity contribution in [1.29, 1.82) is 0 Å². The summed E-state index contributed by atoms with van der Waals surface area (Å²) < 4.78 is 0. The molecular weight excluding hydrogens is 218 g/mol. The van der Waals surface area contributed by atoms with Crippen molar-refractivity contribution in [3.8, 4) is 0 Å². The third-order valence-corrected chi connectivity index (χ3v) is 3.51. The van der Waals surface area contributed by atoms with Crippen LogP contribution < -0.4 is 5.73 Å². The molecule has 2 aromatic carbocycles. The van der Waals surface area contributed by atoms with E-state index in [9.17, 15) is 0 Å². The Kier molecular flexibility index (Phi) is 2.89. The van der Waals surface area contributed by atoms with Crippen LogP contribution in [0.25, 0.3) is 16.8 Å². The smallest absolute Gasteiger partial charge is 0.0467 e. The fourth-order valence-corrected chi connectivity index (χ4v) is 2.50. The van der Waals surface area contributed by atoms with Crippen LogP contribution in [-0.4, -0.2) is 0 Å². The van der Waals surface area contributed by atoms with Crippen molar-refractivity contribution < 1.29 is 0 Å². The van der Waals surface area contributed by atoms with Gasteiger partial charge >= 0.3 is 0 Å². The van der Waals surface area contributed by atoms with Crippen molar-refractivity contribution in [1.82, 2.24) is 0 Å². The van der Waals surface area contributed by atoms with Crippen molar-refractivity contribution in [2.45, 2.75) is 19.3 Å². The number of nitrogen functional groups attached to an aromatic ring is 1. The van der Waals surface area contributed by atoms with Crippen LogP contribution in [0, 0.1) is 0 Å². The molecule has 0 amide bonds. The van der Waals surface area contributed by atoms with Crippen molar-refractivity contribution in [2.24, 2.45) is 0 Å². The molecule has 0 radical (unpaired) electrons. The number of fused-ring (bicyclic) bond motifs is 1. The van der Waals surface area contributed by atoms with Gasteiger partial charge in [-0.15, -0.1) is 0 Å². The quantitative estimate of drug-likeness (QED) is 0.721. The summed E-state index contributed by atoms with van der Waals surface area (Å²) in [6, 6.07) is 12.5. The van der Waals surface area contributed by atoms with Gasteiger partial charge in [0.25, 0.3) is 0 Å². The van der Waals surface area contributed by atoms with E-state index < -0.39 is 0 Å². The fourth-order valence-electron chi connectivity index (χ4n) is 2.50. The van der Waals surface area contributed by atoms with Crippen LogP contribution in [0.1, 0.15) is 24.8 Å². The highest BCUT2D eigenvalue weighted by molar-refractivity contribution is 5.97. The van der Waals surface area contributed by atoms with Gasteiger partial charge in [0.2, 0.25) is 0 Å². The Morgan fingerprint density at radius 2 is 1.94 bits per heavy atom. The highest BCUT2D eigenvalue weighted by atomic mass is 14.6. The Labute approximate surface area is 108 Å². The fraction of sp³-hybridized carbons (Fsp3) is 0.176. The molecule has 90 valence electrons. The van der Waals surface area contributed by atoms with E-state index in [0.29, 0.717) is 0 Å². The van der Waals surface area contributed by atoms with Crippen LogP contribution in [0.5, 0.6) is 0 Å². The summed E-state index contributed by atoms with van der Waals surface area (Å²) in [6.07, 6.45) is 10.3. The average molecular weight is 235 g/mol. The molecule has 0 atom stereocenters. The molecule has 0 aliphatic heterocycles. The average Bonchev–Trinajstić information content (AvgIpc) is 2.43. The largest absolute Gasteiger partial charge is 0.398 e. The summed E-state index contributed by atoms with van der Waals surface area (Å²) >= 11 is 0. The Hall–Kier alpha value is -2.02. The van der Waals surface area contributed by atoms with Gasteiger partial charge in [-0.25, -0.2) is 0 Å². The van der Waals surface area contributed by atoms with Crippen LogP contribution >= 0.6 is 0 Å². The monoisotopic (exact) mass is 235 g/mol. The molecule has 0 saturated heterocycles. The van der Waals surface area contributed by atoms with Crippen LogP contribution in [0.4, 0.5) is 5.69 Å². The van der Waals surface area contributed by atoms with E-state index in [1.807, 2.05) is 12.1 Å². The lowest BCUT2D eigenvalue weighted by molar-refractivity contribution is 0.825. The van der Waals surface area contributed by atoms with Crippen LogP contribution in [0.2, 0.25) is 0 Å². The molecule has 1 aliphatic carbocycles. The molecule has 0 saturated carbocycles. The lowest BCUT2D eigenvalue weighted by Gasteiger charge is -2.10. The molecule has 1 aliphatic rings. The number of hydrogen-bond donors (Lipinski definition) is 1. The molecular formula is C17H17N. The molecule has 3 rings (SSSR count). The molecule has 18 heavy (non-hydrogen) atoms. The standard InChI is InChI=1S/C17H17N/c18-17-15(12-13-6-2-1-3-7-13)11-10-14-8-4-5-9-16(14)17/h2,4-6,8-12H,1,3,7,18H2/b13-12+. The van der Waals surface area contributed by atoms with E-state index in [4.69, 9.17) is 5.73 Å². The second kappa shape index (κ2) is 4.69. The third kappa shape index (κ3) is 2.04. The maximum absolute atomic E-state index is 6.27. The number of rotatable bonds is 1. The molecule has 1 heteroatoms. The first kappa shape index (κ1) is 11.1. The van der Waals surface area contributed by atoms with E-state index in [1.165, 1.54) is 23.8 Å². The van der Waals surface area contributed by atoms with Crippen LogP contribution in [0.3, 0.4) is 0 Å². The summed E-state index contributed by atoms with van der Waals surface area (Å²) in [5.74, 6) is 0. The molecule has 2 N–H and O–H groups in total. The Morgan fingerprint density at radius 3 is 2.78 bits per heavy atom. The minimum Gasteiger partial charge on any atom is -0.398 e. The maximum Gasteiger partial charge on any atom is 0.0467 e. The van der Waals surface area contributed by atoms with Crippen molar-refractivity contribution in [2.75, 3.05) is 5.73 Å². The zero-order chi connectivity index (χ0) is 12.4. The molecule has 0 unspecified atom stereocenters. The van der Waals surface area contributed by atoms with E-state index >= 15 is 0 Å². The lowest BCUT2D eigenvalue weighted by atomic mass is 9.97. The van der Waals surface area contributed by atoms with Crippen molar-refractivity contribution >= 4 is 22.5 Å². The summed E-state index contributed by atoms with van der Waals surface area (Å²) in [6.45, 7) is 0. The predicted octanol–water partition coefficient (Wildman–Crippen LogP) is 4.55. The van der Waals surface area contributed by atoms with E-state index in [2.05, 4.69) is 42.5 Å². The van der Waals surface area contributed by atoms with Gasteiger partial charge in [-0.3, -0.25) is 0 Å². The summed E-state index contributed by atoms with van der Waals surface area (Å²) in [7, 11) is 0. The molecule has 0 bridgehead atoms. The number of benzene rings is 2. The first-order valence-corrected chi connectivity index (χ1v) is 6.49. The first-order valence-electron chi connectivity index (χ1n) is 6.49. The Bertz CT molecular complexity index is 635. The van der Waals surface area contributed by atoms with Gasteiger partial charge in [-0.1, -0.05) is 48.6 Å². The van der Waals surface area contributed by atoms with Crippen LogP contribution in [0.15, 0.2) is 54.1 Å². The van der Waals surface area contributed by atoms with Gasteiger partial charge in [0, 0.05) is 11.1 Å². The second-order valence-corrected chi connectivity index (χ2v) is 4.80. The number of nitrogens with two attached hydrogens (primary N) is 1. The van der Waals surface area contributed by atoms with Gasteiger partial charge in [0.15, 0.2) is 0 Å². The lowest BCUT2D eigenvalue weighted by Crippen LogP contribution is -1.93. The van der Waals surface area contributed by atoms with Gasteiger partial charge < -0.3 is 5.73 Å². The number of anilines is 1. The summed E-state index contributed by atoms with van der Waals surface area (Å²) in [4.78, 5) is 0. The van der Waals surface area contributed by atoms with E-state index in [1.54, 1.807) is 0 Å². The SMILES string of the molecule is Nc1c(/C=C2\C=CCCC2)ccc2ccccc12. The van der Waals surface area contributed by atoms with Gasteiger partial charge in [-0.05, 0) is 41.9 Å². The molecule has 0 aromatic heterocycles. The summed E-state index contributed by atoms with van der Waals surface area (Å²) in [5, 5.41) is 2.35. The first-order chi connectivity index (χ1) is 8.84. The van der Waals surface area contributed by atoms with Gasteiger partial charge in [0.1, 0.15) is 0 Å². The molecule has 0 heterocycles. The zero-order valence-electron chi connectivity index (χ0n) is 10.4. The van der Waals surface area contributed by atoms with Crippen molar-refractivity contribution in [3.05, 3.63) is 59.7 Å². The van der Waals surface area contributed by atoms with Crippen LogP contribution in [-0.2, 0) is 0 Å². The van der Waals surface area contributed by atoms with E-state index in [0.717, 1.165) is 23.1 Å². The normalized spacial score (nSPS) is 17.4. The number of allylic oxidation sites excluding steroid dienone is 3. The highest BCUT2D eigenvalue weighted by Crippen LogP contribution is 2.28. The molecule has 2 aromatic rings. The van der Waals surface area contributed by atoms with Gasteiger partial charge in [0.05, 0.1) is 0 Å². The summed E-state index contributed by atoms with van der Waals surface area (Å²) in [5.41, 5.74) is 9.67. The topological polar surface area (TPSA) is 26.0 Å². The van der Waals surface area contributed by atoms with Crippen molar-refractivity contribution in [3.63, 3.8) is 0 Å². The Morgan fingerprint density at radius 1 is 1.06 bits per heavy atom. The highest BCUT2D eigenvalue weighted by Gasteiger charge is 2.04. The number of hydrogen-bond acceptors (Lipinski definition) is 1. The zero-order valence-corrected chi connectivity index (χ0v) is 10.4.